The summed E-state index contributed by atoms with van der Waals surface area (Å²) in [6.45, 7) is 1.92. The Hall–Kier alpha value is -2.67. The SMILES string of the molecule is Cn1cncc1C(=O)N1CCCC2(CC1)CN(c1ccccc1)C(=O)CO2. The number of benzene rings is 1. The summed E-state index contributed by atoms with van der Waals surface area (Å²) in [7, 11) is 1.83. The van der Waals surface area contributed by atoms with Crippen LogP contribution in [0.5, 0.6) is 0 Å². The first kappa shape index (κ1) is 17.7. The molecule has 1 aromatic heterocycles. The Kier molecular flexibility index (Phi) is 4.70. The standard InChI is InChI=1S/C20H24N4O3/c1-22-15-21-12-17(22)19(26)23-10-5-8-20(9-11-23)14-24(18(25)13-27-20)16-6-3-2-4-7-16/h2-4,6-7,12,15H,5,8-11,13-14H2,1H3. The maximum absolute atomic E-state index is 12.8. The summed E-state index contributed by atoms with van der Waals surface area (Å²) in [5.74, 6) is -0.0160. The number of aromatic nitrogens is 2. The fraction of sp³-hybridized carbons (Fsp3) is 0.450. The highest BCUT2D eigenvalue weighted by molar-refractivity contribution is 5.95. The molecule has 1 aromatic carbocycles. The predicted molar refractivity (Wildman–Crippen MR) is 100 cm³/mol. The average molecular weight is 368 g/mol. The van der Waals surface area contributed by atoms with E-state index in [1.165, 1.54) is 0 Å². The third-order valence-corrected chi connectivity index (χ3v) is 5.54. The maximum Gasteiger partial charge on any atom is 0.272 e. The number of aryl methyl sites for hydroxylation is 1. The number of rotatable bonds is 2. The van der Waals surface area contributed by atoms with Crippen LogP contribution in [0.25, 0.3) is 0 Å². The molecule has 0 aliphatic carbocycles. The number of ether oxygens (including phenoxy) is 1. The molecule has 0 bridgehead atoms. The van der Waals surface area contributed by atoms with Crippen molar-refractivity contribution in [1.29, 1.82) is 0 Å². The number of likely N-dealkylation sites (tertiary alicyclic amines) is 1. The van der Waals surface area contributed by atoms with Gasteiger partial charge in [0.15, 0.2) is 0 Å². The van der Waals surface area contributed by atoms with E-state index in [0.717, 1.165) is 18.5 Å². The quantitative estimate of drug-likeness (QED) is 0.811. The van der Waals surface area contributed by atoms with Crippen molar-refractivity contribution in [3.8, 4) is 0 Å². The molecule has 142 valence electrons. The van der Waals surface area contributed by atoms with Gasteiger partial charge in [0.1, 0.15) is 12.3 Å². The highest BCUT2D eigenvalue weighted by Crippen LogP contribution is 2.33. The minimum Gasteiger partial charge on any atom is -0.363 e. The number of carbonyl (C=O) groups is 2. The van der Waals surface area contributed by atoms with Gasteiger partial charge in [-0.2, -0.15) is 0 Å². The number of morpholine rings is 1. The van der Waals surface area contributed by atoms with Crippen molar-refractivity contribution in [3.05, 3.63) is 48.5 Å². The van der Waals surface area contributed by atoms with E-state index in [0.29, 0.717) is 31.7 Å². The summed E-state index contributed by atoms with van der Waals surface area (Å²) in [5.41, 5.74) is 1.10. The molecule has 4 rings (SSSR count). The molecule has 2 amide bonds. The smallest absolute Gasteiger partial charge is 0.272 e. The van der Waals surface area contributed by atoms with Gasteiger partial charge in [0, 0.05) is 25.8 Å². The molecule has 27 heavy (non-hydrogen) atoms. The van der Waals surface area contributed by atoms with Crippen LogP contribution in [0.2, 0.25) is 0 Å². The number of amides is 2. The lowest BCUT2D eigenvalue weighted by atomic mass is 9.92. The molecule has 2 fully saturated rings. The molecule has 0 N–H and O–H groups in total. The highest BCUT2D eigenvalue weighted by Gasteiger charge is 2.42. The number of imidazole rings is 1. The Morgan fingerprint density at radius 2 is 2.00 bits per heavy atom. The van der Waals surface area contributed by atoms with Crippen LogP contribution in [0.4, 0.5) is 5.69 Å². The van der Waals surface area contributed by atoms with Crippen LogP contribution >= 0.6 is 0 Å². The van der Waals surface area contributed by atoms with E-state index in [1.54, 1.807) is 17.1 Å². The van der Waals surface area contributed by atoms with Crippen LogP contribution in [0, 0.1) is 0 Å². The minimum absolute atomic E-state index is 0.00106. The van der Waals surface area contributed by atoms with Gasteiger partial charge in [-0.05, 0) is 31.4 Å². The largest absolute Gasteiger partial charge is 0.363 e. The van der Waals surface area contributed by atoms with Crippen LogP contribution in [0.3, 0.4) is 0 Å². The fourth-order valence-electron chi connectivity index (χ4n) is 3.96. The molecule has 7 heteroatoms. The van der Waals surface area contributed by atoms with Gasteiger partial charge in [-0.25, -0.2) is 4.98 Å². The van der Waals surface area contributed by atoms with Crippen LogP contribution in [-0.2, 0) is 16.6 Å². The van der Waals surface area contributed by atoms with Gasteiger partial charge in [-0.3, -0.25) is 9.59 Å². The van der Waals surface area contributed by atoms with E-state index >= 15 is 0 Å². The number of nitrogens with zero attached hydrogens (tertiary/aromatic N) is 4. The summed E-state index contributed by atoms with van der Waals surface area (Å²) < 4.78 is 7.79. The molecule has 2 aromatic rings. The van der Waals surface area contributed by atoms with Crippen molar-refractivity contribution in [2.45, 2.75) is 24.9 Å². The van der Waals surface area contributed by atoms with Gasteiger partial charge < -0.3 is 19.1 Å². The first-order chi connectivity index (χ1) is 13.1. The van der Waals surface area contributed by atoms with Gasteiger partial charge in [0.05, 0.1) is 24.7 Å². The Morgan fingerprint density at radius 3 is 2.74 bits per heavy atom. The molecular formula is C20H24N4O3. The fourth-order valence-corrected chi connectivity index (χ4v) is 3.96. The Bertz CT molecular complexity index is 835. The first-order valence-corrected chi connectivity index (χ1v) is 9.33. The van der Waals surface area contributed by atoms with E-state index in [-0.39, 0.29) is 18.4 Å². The molecule has 2 aliphatic rings. The molecule has 0 radical (unpaired) electrons. The maximum atomic E-state index is 12.8. The van der Waals surface area contributed by atoms with Crippen molar-refractivity contribution < 1.29 is 14.3 Å². The molecule has 1 unspecified atom stereocenters. The van der Waals surface area contributed by atoms with Gasteiger partial charge >= 0.3 is 0 Å². The number of hydrogen-bond donors (Lipinski definition) is 0. The second-order valence-electron chi connectivity index (χ2n) is 7.32. The zero-order valence-corrected chi connectivity index (χ0v) is 15.5. The third-order valence-electron chi connectivity index (χ3n) is 5.54. The molecular weight excluding hydrogens is 344 g/mol. The van der Waals surface area contributed by atoms with Gasteiger partial charge in [-0.15, -0.1) is 0 Å². The summed E-state index contributed by atoms with van der Waals surface area (Å²) >= 11 is 0. The molecule has 7 nitrogen and oxygen atoms in total. The van der Waals surface area contributed by atoms with E-state index in [9.17, 15) is 9.59 Å². The second kappa shape index (κ2) is 7.15. The van der Waals surface area contributed by atoms with Gasteiger partial charge in [-0.1, -0.05) is 18.2 Å². The molecule has 2 aliphatic heterocycles. The lowest BCUT2D eigenvalue weighted by Gasteiger charge is -2.42. The van der Waals surface area contributed by atoms with Crippen molar-refractivity contribution in [2.75, 3.05) is 31.1 Å². The predicted octanol–water partition coefficient (Wildman–Crippen LogP) is 1.85. The summed E-state index contributed by atoms with van der Waals surface area (Å²) in [4.78, 5) is 32.9. The van der Waals surface area contributed by atoms with Gasteiger partial charge in [0.25, 0.3) is 11.8 Å². The normalized spacial score (nSPS) is 23.5. The lowest BCUT2D eigenvalue weighted by molar-refractivity contribution is -0.140. The van der Waals surface area contributed by atoms with Gasteiger partial charge in [0.2, 0.25) is 0 Å². The zero-order valence-electron chi connectivity index (χ0n) is 15.5. The van der Waals surface area contributed by atoms with Crippen LogP contribution < -0.4 is 4.90 Å². The number of anilines is 1. The Balaban J connectivity index is 1.49. The average Bonchev–Trinajstić information content (AvgIpc) is 3.01. The topological polar surface area (TPSA) is 67.7 Å². The second-order valence-corrected chi connectivity index (χ2v) is 7.32. The molecule has 0 saturated carbocycles. The molecule has 1 spiro atoms. The van der Waals surface area contributed by atoms with Crippen molar-refractivity contribution in [1.82, 2.24) is 14.5 Å². The van der Waals surface area contributed by atoms with E-state index < -0.39 is 5.60 Å². The minimum atomic E-state index is -0.398. The van der Waals surface area contributed by atoms with Crippen LogP contribution in [0.15, 0.2) is 42.9 Å². The zero-order chi connectivity index (χ0) is 18.9. The van der Waals surface area contributed by atoms with Crippen LogP contribution in [-0.4, -0.2) is 58.1 Å². The van der Waals surface area contributed by atoms with Crippen molar-refractivity contribution in [2.24, 2.45) is 7.05 Å². The summed E-state index contributed by atoms with van der Waals surface area (Å²) in [6, 6.07) is 9.72. The monoisotopic (exact) mass is 368 g/mol. The first-order valence-electron chi connectivity index (χ1n) is 9.33. The number of para-hydroxylation sites is 1. The molecule has 3 heterocycles. The lowest BCUT2D eigenvalue weighted by Crippen LogP contribution is -2.55. The van der Waals surface area contributed by atoms with Crippen molar-refractivity contribution in [3.63, 3.8) is 0 Å². The molecule has 2 saturated heterocycles. The number of carbonyl (C=O) groups excluding carboxylic acids is 2. The highest BCUT2D eigenvalue weighted by atomic mass is 16.5. The Morgan fingerprint density at radius 1 is 1.19 bits per heavy atom. The third kappa shape index (κ3) is 3.47. The van der Waals surface area contributed by atoms with E-state index in [2.05, 4.69) is 4.98 Å². The van der Waals surface area contributed by atoms with Crippen molar-refractivity contribution >= 4 is 17.5 Å². The summed E-state index contributed by atoms with van der Waals surface area (Å²) in [5, 5.41) is 0. The summed E-state index contributed by atoms with van der Waals surface area (Å²) in [6.07, 6.45) is 5.64. The van der Waals surface area contributed by atoms with E-state index in [1.807, 2.05) is 47.2 Å². The van der Waals surface area contributed by atoms with Crippen LogP contribution in [0.1, 0.15) is 29.8 Å². The molecule has 1 atom stereocenters. The number of hydrogen-bond acceptors (Lipinski definition) is 4. The Labute approximate surface area is 158 Å². The van der Waals surface area contributed by atoms with E-state index in [4.69, 9.17) is 4.74 Å².